The zero-order valence-electron chi connectivity index (χ0n) is 11.6. The summed E-state index contributed by atoms with van der Waals surface area (Å²) in [5.74, 6) is 0.111. The van der Waals surface area contributed by atoms with E-state index in [0.717, 1.165) is 5.56 Å². The van der Waals surface area contributed by atoms with Crippen LogP contribution in [0.4, 0.5) is 0 Å². The first-order valence-electron chi connectivity index (χ1n) is 6.58. The number of halogens is 1. The highest BCUT2D eigenvalue weighted by Crippen LogP contribution is 2.22. The van der Waals surface area contributed by atoms with Gasteiger partial charge in [-0.25, -0.2) is 0 Å². The third kappa shape index (κ3) is 3.09. The van der Waals surface area contributed by atoms with Crippen molar-refractivity contribution in [3.8, 4) is 11.6 Å². The molecule has 3 rings (SSSR count). The molecule has 3 aromatic rings. The van der Waals surface area contributed by atoms with Gasteiger partial charge in [0.25, 0.3) is 0 Å². The number of furan rings is 1. The molecular weight excluding hydrogens is 350 g/mol. The maximum Gasteiger partial charge on any atom is 0.316 e. The van der Waals surface area contributed by atoms with Crippen LogP contribution in [-0.2, 0) is 0 Å². The predicted molar refractivity (Wildman–Crippen MR) is 82.0 cm³/mol. The molecule has 0 unspecified atom stereocenters. The molecule has 0 aliphatic carbocycles. The van der Waals surface area contributed by atoms with E-state index in [-0.39, 0.29) is 17.8 Å². The number of carbonyl (C=O) groups is 1. The van der Waals surface area contributed by atoms with E-state index in [1.54, 1.807) is 12.1 Å². The van der Waals surface area contributed by atoms with Gasteiger partial charge in [0.05, 0.1) is 6.04 Å². The van der Waals surface area contributed by atoms with Crippen LogP contribution in [0.3, 0.4) is 0 Å². The maximum atomic E-state index is 12.1. The molecule has 0 bridgehead atoms. The normalized spacial score (nSPS) is 12.1. The molecule has 7 heteroatoms. The molecule has 1 N–H and O–H groups in total. The molecule has 2 aromatic heterocycles. The molecule has 1 atom stereocenters. The Kier molecular flexibility index (Phi) is 4.06. The number of benzene rings is 1. The van der Waals surface area contributed by atoms with Gasteiger partial charge < -0.3 is 14.3 Å². The lowest BCUT2D eigenvalue weighted by atomic mass is 10.1. The van der Waals surface area contributed by atoms with Crippen molar-refractivity contribution >= 4 is 21.8 Å². The Labute approximate surface area is 134 Å². The van der Waals surface area contributed by atoms with Gasteiger partial charge in [-0.2, -0.15) is 4.98 Å². The van der Waals surface area contributed by atoms with Crippen LogP contribution in [0.25, 0.3) is 11.6 Å². The average molecular weight is 362 g/mol. The number of hydrogen-bond acceptors (Lipinski definition) is 5. The Morgan fingerprint density at radius 2 is 2.00 bits per heavy atom. The van der Waals surface area contributed by atoms with E-state index < -0.39 is 5.91 Å². The number of carbonyl (C=O) groups excluding carboxylic acids is 1. The van der Waals surface area contributed by atoms with E-state index in [1.165, 1.54) is 0 Å². The van der Waals surface area contributed by atoms with Crippen LogP contribution in [0.1, 0.15) is 29.2 Å². The Bertz CT molecular complexity index is 782. The molecule has 6 nitrogen and oxygen atoms in total. The lowest BCUT2D eigenvalue weighted by Gasteiger charge is -2.12. The van der Waals surface area contributed by atoms with Gasteiger partial charge >= 0.3 is 11.8 Å². The lowest BCUT2D eigenvalue weighted by molar-refractivity contribution is 0.0895. The third-order valence-corrected chi connectivity index (χ3v) is 3.49. The van der Waals surface area contributed by atoms with Gasteiger partial charge in [-0.1, -0.05) is 35.5 Å². The molecule has 0 fully saturated rings. The van der Waals surface area contributed by atoms with Gasteiger partial charge in [0.2, 0.25) is 5.82 Å². The van der Waals surface area contributed by atoms with E-state index in [1.807, 2.05) is 37.3 Å². The maximum absolute atomic E-state index is 12.1. The number of hydrogen-bond donors (Lipinski definition) is 1. The highest BCUT2D eigenvalue weighted by Gasteiger charge is 2.19. The predicted octanol–water partition coefficient (Wildman–Crippen LogP) is 3.58. The van der Waals surface area contributed by atoms with Gasteiger partial charge in [0.15, 0.2) is 10.4 Å². The standard InChI is InChI=1S/C15H12BrN3O3/c1-9(10-5-3-2-4-6-10)17-14(20)15-18-13(19-22-15)11-7-8-12(16)21-11/h2-9H,1H3,(H,17,20)/t9-/m1/s1. The Balaban J connectivity index is 1.72. The molecule has 0 aliphatic heterocycles. The molecule has 0 saturated heterocycles. The number of aromatic nitrogens is 2. The summed E-state index contributed by atoms with van der Waals surface area (Å²) in [6, 6.07) is 12.8. The molecule has 1 aromatic carbocycles. The SMILES string of the molecule is C[C@@H](NC(=O)c1nc(-c2ccc(Br)o2)no1)c1ccccc1. The monoisotopic (exact) mass is 361 g/mol. The second kappa shape index (κ2) is 6.15. The molecule has 0 radical (unpaired) electrons. The third-order valence-electron chi connectivity index (χ3n) is 3.06. The Hall–Kier alpha value is -2.41. The van der Waals surface area contributed by atoms with E-state index in [4.69, 9.17) is 8.94 Å². The molecular formula is C15H12BrN3O3. The zero-order chi connectivity index (χ0) is 15.5. The highest BCUT2D eigenvalue weighted by atomic mass is 79.9. The second-order valence-electron chi connectivity index (χ2n) is 4.63. The molecule has 0 aliphatic rings. The van der Waals surface area contributed by atoms with E-state index in [0.29, 0.717) is 10.4 Å². The molecule has 2 heterocycles. The fraction of sp³-hybridized carbons (Fsp3) is 0.133. The summed E-state index contributed by atoms with van der Waals surface area (Å²) in [6.07, 6.45) is 0. The molecule has 0 saturated carbocycles. The largest absolute Gasteiger partial charge is 0.446 e. The fourth-order valence-electron chi connectivity index (χ4n) is 1.93. The van der Waals surface area contributed by atoms with Gasteiger partial charge in [-0.3, -0.25) is 4.79 Å². The van der Waals surface area contributed by atoms with Crippen LogP contribution in [0.15, 0.2) is 56.1 Å². The first kappa shape index (κ1) is 14.5. The minimum Gasteiger partial charge on any atom is -0.446 e. The first-order valence-corrected chi connectivity index (χ1v) is 7.38. The summed E-state index contributed by atoms with van der Waals surface area (Å²) in [7, 11) is 0. The minimum absolute atomic E-state index is 0.106. The van der Waals surface area contributed by atoms with Crippen molar-refractivity contribution in [2.45, 2.75) is 13.0 Å². The Morgan fingerprint density at radius 1 is 1.23 bits per heavy atom. The fourth-order valence-corrected chi connectivity index (χ4v) is 2.24. The summed E-state index contributed by atoms with van der Waals surface area (Å²) >= 11 is 3.19. The van der Waals surface area contributed by atoms with Crippen molar-refractivity contribution < 1.29 is 13.7 Å². The minimum atomic E-state index is -0.430. The molecule has 112 valence electrons. The number of rotatable bonds is 4. The van der Waals surface area contributed by atoms with Crippen molar-refractivity contribution in [2.24, 2.45) is 0 Å². The van der Waals surface area contributed by atoms with Crippen molar-refractivity contribution in [1.29, 1.82) is 0 Å². The number of amides is 1. The van der Waals surface area contributed by atoms with Gasteiger partial charge in [0.1, 0.15) is 0 Å². The van der Waals surface area contributed by atoms with Crippen LogP contribution in [0.2, 0.25) is 0 Å². The molecule has 1 amide bonds. The Morgan fingerprint density at radius 3 is 2.68 bits per heavy atom. The average Bonchev–Trinajstić information content (AvgIpc) is 3.16. The lowest BCUT2D eigenvalue weighted by Crippen LogP contribution is -2.26. The first-order chi connectivity index (χ1) is 10.6. The second-order valence-corrected chi connectivity index (χ2v) is 5.41. The quantitative estimate of drug-likeness (QED) is 0.767. The zero-order valence-corrected chi connectivity index (χ0v) is 13.2. The summed E-state index contributed by atoms with van der Waals surface area (Å²) in [5, 5.41) is 6.55. The van der Waals surface area contributed by atoms with Crippen LogP contribution in [0, 0.1) is 0 Å². The number of nitrogens with zero attached hydrogens (tertiary/aromatic N) is 2. The van der Waals surface area contributed by atoms with Crippen LogP contribution in [-0.4, -0.2) is 16.0 Å². The summed E-state index contributed by atoms with van der Waals surface area (Å²) in [5.41, 5.74) is 0.991. The molecule has 22 heavy (non-hydrogen) atoms. The van der Waals surface area contributed by atoms with Gasteiger partial charge in [-0.15, -0.1) is 0 Å². The summed E-state index contributed by atoms with van der Waals surface area (Å²) in [4.78, 5) is 16.2. The highest BCUT2D eigenvalue weighted by molar-refractivity contribution is 9.10. The van der Waals surface area contributed by atoms with Crippen LogP contribution >= 0.6 is 15.9 Å². The van der Waals surface area contributed by atoms with E-state index >= 15 is 0 Å². The summed E-state index contributed by atoms with van der Waals surface area (Å²) in [6.45, 7) is 1.88. The summed E-state index contributed by atoms with van der Waals surface area (Å²) < 4.78 is 10.8. The topological polar surface area (TPSA) is 81.2 Å². The van der Waals surface area contributed by atoms with Crippen molar-refractivity contribution in [2.75, 3.05) is 0 Å². The molecule has 0 spiro atoms. The van der Waals surface area contributed by atoms with Crippen molar-refractivity contribution in [3.63, 3.8) is 0 Å². The van der Waals surface area contributed by atoms with Crippen LogP contribution in [0.5, 0.6) is 0 Å². The van der Waals surface area contributed by atoms with Gasteiger partial charge in [-0.05, 0) is 40.5 Å². The van der Waals surface area contributed by atoms with E-state index in [2.05, 4.69) is 31.4 Å². The van der Waals surface area contributed by atoms with Gasteiger partial charge in [0, 0.05) is 0 Å². The smallest absolute Gasteiger partial charge is 0.316 e. The van der Waals surface area contributed by atoms with Crippen molar-refractivity contribution in [3.05, 3.63) is 58.6 Å². The van der Waals surface area contributed by atoms with Crippen LogP contribution < -0.4 is 5.32 Å². The number of nitrogens with one attached hydrogen (secondary N) is 1. The van der Waals surface area contributed by atoms with Crippen molar-refractivity contribution in [1.82, 2.24) is 15.5 Å². The van der Waals surface area contributed by atoms with E-state index in [9.17, 15) is 4.79 Å².